The van der Waals surface area contributed by atoms with Crippen molar-refractivity contribution in [2.75, 3.05) is 19.7 Å². The number of hydrogen-bond acceptors (Lipinski definition) is 4. The second-order valence-corrected chi connectivity index (χ2v) is 6.81. The van der Waals surface area contributed by atoms with Crippen LogP contribution in [0.5, 0.6) is 0 Å². The van der Waals surface area contributed by atoms with E-state index >= 15 is 0 Å². The molecule has 2 heterocycles. The number of nitrogens with zero attached hydrogens (tertiary/aromatic N) is 2. The third kappa shape index (κ3) is 7.34. The second kappa shape index (κ2) is 11.2. The van der Waals surface area contributed by atoms with Gasteiger partial charge in [-0.15, -0.1) is 35.3 Å². The van der Waals surface area contributed by atoms with Gasteiger partial charge in [0.25, 0.3) is 0 Å². The number of nitrogens with one attached hydrogen (secondary N) is 2. The fraction of sp³-hybridized carbons (Fsp3) is 0.750. The molecule has 0 bridgehead atoms. The van der Waals surface area contributed by atoms with Gasteiger partial charge in [0.15, 0.2) is 5.96 Å². The van der Waals surface area contributed by atoms with Gasteiger partial charge in [0.05, 0.1) is 18.3 Å². The molecule has 1 aliphatic rings. The summed E-state index contributed by atoms with van der Waals surface area (Å²) in [5.74, 6) is 1.34. The Bertz CT molecular complexity index is 472. The highest BCUT2D eigenvalue weighted by Crippen LogP contribution is 2.18. The third-order valence-corrected chi connectivity index (χ3v) is 4.51. The summed E-state index contributed by atoms with van der Waals surface area (Å²) in [5.41, 5.74) is 1.16. The molecule has 1 aromatic rings. The van der Waals surface area contributed by atoms with E-state index in [1.165, 1.54) is 12.8 Å². The minimum atomic E-state index is 0. The Balaban J connectivity index is 0.00000264. The largest absolute Gasteiger partial charge is 0.378 e. The van der Waals surface area contributed by atoms with Crippen molar-refractivity contribution in [1.82, 2.24) is 15.6 Å². The van der Waals surface area contributed by atoms with Gasteiger partial charge in [-0.05, 0) is 32.1 Å². The van der Waals surface area contributed by atoms with Crippen LogP contribution in [0.1, 0.15) is 56.7 Å². The van der Waals surface area contributed by atoms with Crippen LogP contribution in [-0.4, -0.2) is 36.7 Å². The quantitative estimate of drug-likeness (QED) is 0.378. The Hall–Kier alpha value is -0.410. The molecule has 1 fully saturated rings. The van der Waals surface area contributed by atoms with E-state index in [1.54, 1.807) is 11.3 Å². The summed E-state index contributed by atoms with van der Waals surface area (Å²) in [4.78, 5) is 9.24. The second-order valence-electron chi connectivity index (χ2n) is 5.87. The Morgan fingerprint density at radius 2 is 2.30 bits per heavy atom. The van der Waals surface area contributed by atoms with Crippen LogP contribution in [0.2, 0.25) is 0 Å². The number of rotatable bonds is 7. The Morgan fingerprint density at radius 1 is 1.48 bits per heavy atom. The van der Waals surface area contributed by atoms with E-state index in [0.29, 0.717) is 18.6 Å². The lowest BCUT2D eigenvalue weighted by molar-refractivity contribution is 0.105. The van der Waals surface area contributed by atoms with Gasteiger partial charge in [-0.2, -0.15) is 0 Å². The van der Waals surface area contributed by atoms with Crippen LogP contribution in [0.3, 0.4) is 0 Å². The van der Waals surface area contributed by atoms with Crippen molar-refractivity contribution in [3.05, 3.63) is 16.1 Å². The summed E-state index contributed by atoms with van der Waals surface area (Å²) in [6.45, 7) is 9.72. The first kappa shape index (κ1) is 20.6. The summed E-state index contributed by atoms with van der Waals surface area (Å²) < 4.78 is 5.64. The number of aliphatic imine (C=N–C) groups is 1. The maximum absolute atomic E-state index is 5.64. The Labute approximate surface area is 160 Å². The summed E-state index contributed by atoms with van der Waals surface area (Å²) >= 11 is 1.69. The van der Waals surface area contributed by atoms with Gasteiger partial charge in [0.1, 0.15) is 5.01 Å². The first-order valence-corrected chi connectivity index (χ1v) is 9.15. The molecule has 0 spiro atoms. The lowest BCUT2D eigenvalue weighted by Gasteiger charge is -2.13. The fourth-order valence-corrected chi connectivity index (χ4v) is 3.25. The topological polar surface area (TPSA) is 58.5 Å². The smallest absolute Gasteiger partial charge is 0.191 e. The summed E-state index contributed by atoms with van der Waals surface area (Å²) in [6.07, 6.45) is 3.84. The van der Waals surface area contributed by atoms with Crippen molar-refractivity contribution in [3.8, 4) is 0 Å². The van der Waals surface area contributed by atoms with E-state index < -0.39 is 0 Å². The minimum Gasteiger partial charge on any atom is -0.378 e. The summed E-state index contributed by atoms with van der Waals surface area (Å²) in [6, 6.07) is 0. The molecule has 132 valence electrons. The highest BCUT2D eigenvalue weighted by atomic mass is 127. The standard InChI is InChI=1S/C16H28N4OS.HI/c1-4-17-16(18-8-7-13-6-5-9-21-13)19-10-15-20-14(11-22-15)12(2)3;/h11-13H,4-10H2,1-3H3,(H2,17,18,19);1H. The average molecular weight is 452 g/mol. The normalized spacial score (nSPS) is 18.1. The van der Waals surface area contributed by atoms with Crippen molar-refractivity contribution in [2.24, 2.45) is 4.99 Å². The van der Waals surface area contributed by atoms with Crippen molar-refractivity contribution < 1.29 is 4.74 Å². The minimum absolute atomic E-state index is 0. The van der Waals surface area contributed by atoms with Crippen LogP contribution >= 0.6 is 35.3 Å². The molecule has 2 N–H and O–H groups in total. The third-order valence-electron chi connectivity index (χ3n) is 3.66. The van der Waals surface area contributed by atoms with Crippen molar-refractivity contribution in [2.45, 2.75) is 58.6 Å². The zero-order chi connectivity index (χ0) is 15.8. The molecule has 2 rings (SSSR count). The van der Waals surface area contributed by atoms with Crippen LogP contribution in [0.4, 0.5) is 0 Å². The van der Waals surface area contributed by atoms with Crippen LogP contribution < -0.4 is 10.6 Å². The van der Waals surface area contributed by atoms with Gasteiger partial charge in [-0.25, -0.2) is 9.98 Å². The molecule has 7 heteroatoms. The average Bonchev–Trinajstić information content (AvgIpc) is 3.16. The van der Waals surface area contributed by atoms with Gasteiger partial charge >= 0.3 is 0 Å². The first-order chi connectivity index (χ1) is 10.7. The van der Waals surface area contributed by atoms with Crippen LogP contribution in [0.25, 0.3) is 0 Å². The molecule has 0 amide bonds. The molecule has 0 saturated carbocycles. The van der Waals surface area contributed by atoms with E-state index in [0.717, 1.165) is 42.8 Å². The molecule has 0 aliphatic carbocycles. The van der Waals surface area contributed by atoms with Crippen molar-refractivity contribution >= 4 is 41.3 Å². The number of aromatic nitrogens is 1. The number of halogens is 1. The molecule has 1 unspecified atom stereocenters. The molecular weight excluding hydrogens is 423 g/mol. The zero-order valence-corrected chi connectivity index (χ0v) is 17.4. The van der Waals surface area contributed by atoms with Crippen LogP contribution in [-0.2, 0) is 11.3 Å². The highest BCUT2D eigenvalue weighted by molar-refractivity contribution is 14.0. The number of ether oxygens (including phenoxy) is 1. The van der Waals surface area contributed by atoms with E-state index in [2.05, 4.69) is 46.8 Å². The molecule has 0 aromatic carbocycles. The van der Waals surface area contributed by atoms with Crippen molar-refractivity contribution in [1.29, 1.82) is 0 Å². The molecular formula is C16H29IN4OS. The number of thiazole rings is 1. The van der Waals surface area contributed by atoms with Crippen molar-refractivity contribution in [3.63, 3.8) is 0 Å². The van der Waals surface area contributed by atoms with E-state index in [1.807, 2.05) is 0 Å². The SMILES string of the molecule is CCNC(=NCc1nc(C(C)C)cs1)NCCC1CCCO1.I. The molecule has 1 atom stereocenters. The van der Waals surface area contributed by atoms with Gasteiger partial charge < -0.3 is 15.4 Å². The lowest BCUT2D eigenvalue weighted by atomic mass is 10.2. The number of hydrogen-bond donors (Lipinski definition) is 2. The van der Waals surface area contributed by atoms with Gasteiger partial charge in [-0.1, -0.05) is 13.8 Å². The zero-order valence-electron chi connectivity index (χ0n) is 14.3. The van der Waals surface area contributed by atoms with Crippen LogP contribution in [0.15, 0.2) is 10.4 Å². The van der Waals surface area contributed by atoms with Gasteiger partial charge in [-0.3, -0.25) is 0 Å². The lowest BCUT2D eigenvalue weighted by Crippen LogP contribution is -2.38. The maximum Gasteiger partial charge on any atom is 0.191 e. The van der Waals surface area contributed by atoms with E-state index in [4.69, 9.17) is 4.74 Å². The number of guanidine groups is 1. The predicted octanol–water partition coefficient (Wildman–Crippen LogP) is 3.51. The molecule has 0 radical (unpaired) electrons. The van der Waals surface area contributed by atoms with Gasteiger partial charge in [0, 0.05) is 25.1 Å². The van der Waals surface area contributed by atoms with E-state index in [-0.39, 0.29) is 24.0 Å². The molecule has 1 aliphatic heterocycles. The Kier molecular flexibility index (Phi) is 10.0. The molecule has 1 saturated heterocycles. The first-order valence-electron chi connectivity index (χ1n) is 8.27. The molecule has 1 aromatic heterocycles. The monoisotopic (exact) mass is 452 g/mol. The predicted molar refractivity (Wildman–Crippen MR) is 108 cm³/mol. The summed E-state index contributed by atoms with van der Waals surface area (Å²) in [5, 5.41) is 9.87. The van der Waals surface area contributed by atoms with Gasteiger partial charge in [0.2, 0.25) is 0 Å². The fourth-order valence-electron chi connectivity index (χ4n) is 2.37. The van der Waals surface area contributed by atoms with E-state index in [9.17, 15) is 0 Å². The summed E-state index contributed by atoms with van der Waals surface area (Å²) in [7, 11) is 0. The Morgan fingerprint density at radius 3 is 2.91 bits per heavy atom. The maximum atomic E-state index is 5.64. The molecule has 5 nitrogen and oxygen atoms in total. The van der Waals surface area contributed by atoms with Crippen LogP contribution in [0, 0.1) is 0 Å². The highest BCUT2D eigenvalue weighted by Gasteiger charge is 2.14. The molecule has 23 heavy (non-hydrogen) atoms.